The Bertz CT molecular complexity index is 723. The van der Waals surface area contributed by atoms with Crippen LogP contribution in [0.25, 0.3) is 0 Å². The summed E-state index contributed by atoms with van der Waals surface area (Å²) in [5.41, 5.74) is 1.75. The number of rotatable bonds is 5. The molecule has 0 unspecified atom stereocenters. The lowest BCUT2D eigenvalue weighted by atomic mass is 9.93. The third kappa shape index (κ3) is 3.99. The largest absolute Gasteiger partial charge is 0.361 e. The minimum absolute atomic E-state index is 0.00143. The molecule has 3 aliphatic heterocycles. The van der Waals surface area contributed by atoms with Crippen molar-refractivity contribution in [2.75, 3.05) is 27.2 Å². The number of aryl methyl sites for hydroxylation is 2. The normalized spacial score (nSPS) is 22.1. The van der Waals surface area contributed by atoms with Crippen LogP contribution in [0.15, 0.2) is 4.52 Å². The lowest BCUT2D eigenvalue weighted by molar-refractivity contribution is -0.140. The standard InChI is InChI=1S/C19H28N4O4/c1-12-16(13(2)27-20-12)11-23-15-6-5-14(19(23)26)9-22(10-15)18(25)8-7-17(24)21(3)4/h14-15H,5-11H2,1-4H3/t14-,15+/m1/s1. The molecule has 3 saturated heterocycles. The van der Waals surface area contributed by atoms with Crippen molar-refractivity contribution in [3.8, 4) is 0 Å². The van der Waals surface area contributed by atoms with Gasteiger partial charge >= 0.3 is 0 Å². The Morgan fingerprint density at radius 2 is 1.93 bits per heavy atom. The highest BCUT2D eigenvalue weighted by atomic mass is 16.5. The number of aromatic nitrogens is 1. The Hall–Kier alpha value is -2.38. The maximum atomic E-state index is 13.0. The first-order valence-electron chi connectivity index (χ1n) is 9.48. The van der Waals surface area contributed by atoms with Crippen LogP contribution in [-0.4, -0.2) is 70.8 Å². The third-order valence-corrected chi connectivity index (χ3v) is 5.71. The first kappa shape index (κ1) is 19.4. The number of hydrogen-bond donors (Lipinski definition) is 0. The van der Waals surface area contributed by atoms with Crippen LogP contribution in [0.4, 0.5) is 0 Å². The fourth-order valence-corrected chi connectivity index (χ4v) is 3.95. The predicted molar refractivity (Wildman–Crippen MR) is 97.5 cm³/mol. The molecule has 0 radical (unpaired) electrons. The zero-order valence-electron chi connectivity index (χ0n) is 16.5. The SMILES string of the molecule is Cc1noc(C)c1CN1C(=O)[C@@H]2CC[C@H]1CN(C(=O)CCC(=O)N(C)C)C2. The van der Waals surface area contributed by atoms with Crippen molar-refractivity contribution in [2.24, 2.45) is 5.92 Å². The van der Waals surface area contributed by atoms with Crippen LogP contribution >= 0.6 is 0 Å². The predicted octanol–water partition coefficient (Wildman–Crippen LogP) is 1.11. The summed E-state index contributed by atoms with van der Waals surface area (Å²) in [6, 6.07) is -0.00143. The zero-order valence-corrected chi connectivity index (χ0v) is 16.5. The number of fused-ring (bicyclic) bond motifs is 4. The maximum Gasteiger partial charge on any atom is 0.228 e. The number of hydrogen-bond acceptors (Lipinski definition) is 5. The zero-order chi connectivity index (χ0) is 19.7. The first-order chi connectivity index (χ1) is 12.8. The van der Waals surface area contributed by atoms with Gasteiger partial charge < -0.3 is 19.2 Å². The number of nitrogens with zero attached hydrogens (tertiary/aromatic N) is 4. The minimum atomic E-state index is -0.169. The van der Waals surface area contributed by atoms with E-state index in [0.29, 0.717) is 19.6 Å². The van der Waals surface area contributed by atoms with Crippen LogP contribution < -0.4 is 0 Å². The van der Waals surface area contributed by atoms with E-state index in [0.717, 1.165) is 29.9 Å². The van der Waals surface area contributed by atoms with Crippen molar-refractivity contribution in [3.63, 3.8) is 0 Å². The van der Waals surface area contributed by atoms with E-state index in [-0.39, 0.29) is 42.5 Å². The van der Waals surface area contributed by atoms with Gasteiger partial charge in [0.2, 0.25) is 17.7 Å². The van der Waals surface area contributed by atoms with Crippen molar-refractivity contribution in [1.29, 1.82) is 0 Å². The lowest BCUT2D eigenvalue weighted by Gasteiger charge is -2.35. The van der Waals surface area contributed by atoms with Gasteiger partial charge in [0.15, 0.2) is 0 Å². The fraction of sp³-hybridized carbons (Fsp3) is 0.684. The van der Waals surface area contributed by atoms with Gasteiger partial charge in [-0.1, -0.05) is 5.16 Å². The molecular weight excluding hydrogens is 348 g/mol. The van der Waals surface area contributed by atoms with Crippen molar-refractivity contribution in [1.82, 2.24) is 19.9 Å². The van der Waals surface area contributed by atoms with Gasteiger partial charge in [0.25, 0.3) is 0 Å². The van der Waals surface area contributed by atoms with E-state index in [1.807, 2.05) is 18.7 Å². The molecule has 0 spiro atoms. The van der Waals surface area contributed by atoms with E-state index >= 15 is 0 Å². The summed E-state index contributed by atoms with van der Waals surface area (Å²) in [5.74, 6) is 0.561. The number of amides is 3. The monoisotopic (exact) mass is 376 g/mol. The molecule has 0 aliphatic carbocycles. The molecule has 148 valence electrons. The van der Waals surface area contributed by atoms with Gasteiger partial charge in [-0.25, -0.2) is 0 Å². The van der Waals surface area contributed by atoms with Gasteiger partial charge in [0.1, 0.15) is 5.76 Å². The Kier molecular flexibility index (Phi) is 5.53. The molecule has 0 saturated carbocycles. The quantitative estimate of drug-likeness (QED) is 0.768. The highest BCUT2D eigenvalue weighted by Crippen LogP contribution is 2.31. The van der Waals surface area contributed by atoms with E-state index in [2.05, 4.69) is 5.16 Å². The Balaban J connectivity index is 1.69. The van der Waals surface area contributed by atoms with Gasteiger partial charge in [0.05, 0.1) is 18.2 Å². The summed E-state index contributed by atoms with van der Waals surface area (Å²) in [5, 5.41) is 3.98. The van der Waals surface area contributed by atoms with Gasteiger partial charge in [-0.2, -0.15) is 0 Å². The van der Waals surface area contributed by atoms with E-state index < -0.39 is 0 Å². The van der Waals surface area contributed by atoms with Crippen LogP contribution in [0.2, 0.25) is 0 Å². The van der Waals surface area contributed by atoms with Gasteiger partial charge in [-0.3, -0.25) is 14.4 Å². The average Bonchev–Trinajstić information content (AvgIpc) is 2.81. The topological polar surface area (TPSA) is 87.0 Å². The van der Waals surface area contributed by atoms with Crippen LogP contribution in [0, 0.1) is 19.8 Å². The van der Waals surface area contributed by atoms with E-state index in [4.69, 9.17) is 4.52 Å². The number of carbonyl (C=O) groups is 3. The molecular formula is C19H28N4O4. The van der Waals surface area contributed by atoms with Crippen molar-refractivity contribution in [2.45, 2.75) is 52.1 Å². The van der Waals surface area contributed by atoms with E-state index in [1.54, 1.807) is 19.0 Å². The van der Waals surface area contributed by atoms with Gasteiger partial charge in [-0.05, 0) is 26.7 Å². The minimum Gasteiger partial charge on any atom is -0.361 e. The summed E-state index contributed by atoms with van der Waals surface area (Å²) < 4.78 is 5.23. The highest BCUT2D eigenvalue weighted by Gasteiger charge is 2.42. The van der Waals surface area contributed by atoms with Gasteiger partial charge in [-0.15, -0.1) is 0 Å². The Labute approximate surface area is 159 Å². The van der Waals surface area contributed by atoms with Crippen molar-refractivity contribution in [3.05, 3.63) is 17.0 Å². The lowest BCUT2D eigenvalue weighted by Crippen LogP contribution is -2.47. The molecule has 1 aromatic heterocycles. The first-order valence-corrected chi connectivity index (χ1v) is 9.48. The second kappa shape index (κ2) is 7.70. The summed E-state index contributed by atoms with van der Waals surface area (Å²) in [7, 11) is 3.37. The molecule has 8 nitrogen and oxygen atoms in total. The Morgan fingerprint density at radius 3 is 2.56 bits per heavy atom. The molecule has 4 rings (SSSR count). The van der Waals surface area contributed by atoms with E-state index in [9.17, 15) is 14.4 Å². The van der Waals surface area contributed by atoms with Crippen LogP contribution in [-0.2, 0) is 20.9 Å². The van der Waals surface area contributed by atoms with Crippen LogP contribution in [0.5, 0.6) is 0 Å². The molecule has 3 amide bonds. The second-order valence-corrected chi connectivity index (χ2v) is 7.78. The fourth-order valence-electron chi connectivity index (χ4n) is 3.95. The van der Waals surface area contributed by atoms with Crippen LogP contribution in [0.1, 0.15) is 42.7 Å². The van der Waals surface area contributed by atoms with Crippen molar-refractivity contribution < 1.29 is 18.9 Å². The average molecular weight is 376 g/mol. The van der Waals surface area contributed by atoms with E-state index in [1.165, 1.54) is 4.90 Å². The Morgan fingerprint density at radius 1 is 1.19 bits per heavy atom. The highest BCUT2D eigenvalue weighted by molar-refractivity contribution is 5.85. The summed E-state index contributed by atoms with van der Waals surface area (Å²) in [4.78, 5) is 42.5. The molecule has 8 heteroatoms. The maximum absolute atomic E-state index is 13.0. The molecule has 2 bridgehead atoms. The molecule has 0 N–H and O–H groups in total. The van der Waals surface area contributed by atoms with Gasteiger partial charge in [0, 0.05) is 51.6 Å². The van der Waals surface area contributed by atoms with Crippen LogP contribution in [0.3, 0.4) is 0 Å². The summed E-state index contributed by atoms with van der Waals surface area (Å²) >= 11 is 0. The summed E-state index contributed by atoms with van der Waals surface area (Å²) in [6.45, 7) is 5.18. The smallest absolute Gasteiger partial charge is 0.228 e. The van der Waals surface area contributed by atoms with Crippen molar-refractivity contribution >= 4 is 17.7 Å². The summed E-state index contributed by atoms with van der Waals surface area (Å²) in [6.07, 6.45) is 2.09. The molecule has 3 fully saturated rings. The number of carbonyl (C=O) groups excluding carboxylic acids is 3. The third-order valence-electron chi connectivity index (χ3n) is 5.71. The second-order valence-electron chi connectivity index (χ2n) is 7.78. The molecule has 3 aliphatic rings. The number of piperidine rings is 1. The molecule has 4 heterocycles. The molecule has 1 aromatic rings. The molecule has 0 aromatic carbocycles. The molecule has 27 heavy (non-hydrogen) atoms. The molecule has 2 atom stereocenters.